The third-order valence-electron chi connectivity index (χ3n) is 2.46. The van der Waals surface area contributed by atoms with Crippen LogP contribution in [0.2, 0.25) is 0 Å². The van der Waals surface area contributed by atoms with Gasteiger partial charge in [-0.3, -0.25) is 4.79 Å². The predicted octanol–water partition coefficient (Wildman–Crippen LogP) is 4.21. The summed E-state index contributed by atoms with van der Waals surface area (Å²) in [5, 5.41) is 1.65. The number of amides is 1. The van der Waals surface area contributed by atoms with Crippen LogP contribution in [0.3, 0.4) is 0 Å². The summed E-state index contributed by atoms with van der Waals surface area (Å²) >= 11 is 0. The molecule has 0 spiro atoms. The fourth-order valence-electron chi connectivity index (χ4n) is 1.42. The molecule has 11 heteroatoms. The molecule has 1 amide bonds. The first-order chi connectivity index (χ1) is 9.71. The third-order valence-corrected chi connectivity index (χ3v) is 2.46. The smallest absolute Gasteiger partial charge is 0.324 e. The van der Waals surface area contributed by atoms with Gasteiger partial charge >= 0.3 is 18.0 Å². The standard InChI is InChI=1S/C11H6F9NO/c1-4(22)21-8-3-6(12)5(2-7(8)13)9(14,15)10(16,17)11(18,19)20/h2-3H,1H3,(H,21,22). The topological polar surface area (TPSA) is 29.1 Å². The molecule has 0 heterocycles. The lowest BCUT2D eigenvalue weighted by Gasteiger charge is -2.28. The van der Waals surface area contributed by atoms with Crippen LogP contribution in [0.4, 0.5) is 45.2 Å². The van der Waals surface area contributed by atoms with Gasteiger partial charge in [0, 0.05) is 13.0 Å². The van der Waals surface area contributed by atoms with Gasteiger partial charge < -0.3 is 5.32 Å². The van der Waals surface area contributed by atoms with Crippen LogP contribution in [0, 0.1) is 11.6 Å². The van der Waals surface area contributed by atoms with Crippen LogP contribution in [0.15, 0.2) is 12.1 Å². The van der Waals surface area contributed by atoms with Crippen molar-refractivity contribution in [3.8, 4) is 0 Å². The number of carbonyl (C=O) groups is 1. The van der Waals surface area contributed by atoms with Crippen molar-refractivity contribution in [2.45, 2.75) is 24.9 Å². The average molecular weight is 339 g/mol. The molecule has 0 atom stereocenters. The largest absolute Gasteiger partial charge is 0.460 e. The van der Waals surface area contributed by atoms with Crippen molar-refractivity contribution in [2.75, 3.05) is 5.32 Å². The first-order valence-electron chi connectivity index (χ1n) is 5.31. The molecule has 0 saturated heterocycles. The molecule has 1 N–H and O–H groups in total. The van der Waals surface area contributed by atoms with Gasteiger partial charge in [-0.05, 0) is 6.07 Å². The summed E-state index contributed by atoms with van der Waals surface area (Å²) in [7, 11) is 0. The summed E-state index contributed by atoms with van der Waals surface area (Å²) in [5.74, 6) is -17.7. The van der Waals surface area contributed by atoms with Gasteiger partial charge in [-0.1, -0.05) is 0 Å². The molecule has 0 fully saturated rings. The summed E-state index contributed by atoms with van der Waals surface area (Å²) in [6.45, 7) is 0.845. The predicted molar refractivity (Wildman–Crippen MR) is 55.6 cm³/mol. The Morgan fingerprint density at radius 3 is 1.86 bits per heavy atom. The third kappa shape index (κ3) is 2.97. The molecule has 0 aromatic heterocycles. The minimum absolute atomic E-state index is 0.119. The van der Waals surface area contributed by atoms with E-state index >= 15 is 0 Å². The fourth-order valence-corrected chi connectivity index (χ4v) is 1.42. The molecule has 0 aliphatic carbocycles. The van der Waals surface area contributed by atoms with E-state index in [1.165, 1.54) is 0 Å². The Morgan fingerprint density at radius 1 is 0.955 bits per heavy atom. The van der Waals surface area contributed by atoms with Crippen molar-refractivity contribution in [1.82, 2.24) is 0 Å². The van der Waals surface area contributed by atoms with Crippen molar-refractivity contribution in [3.05, 3.63) is 29.3 Å². The Labute approximate surface area is 116 Å². The summed E-state index contributed by atoms with van der Waals surface area (Å²) in [4.78, 5) is 10.6. The first kappa shape index (κ1) is 18.1. The second kappa shape index (κ2) is 5.36. The van der Waals surface area contributed by atoms with Crippen LogP contribution in [0.25, 0.3) is 0 Å². The minimum Gasteiger partial charge on any atom is -0.324 e. The molecular weight excluding hydrogens is 333 g/mol. The van der Waals surface area contributed by atoms with E-state index in [1.54, 1.807) is 5.32 Å². The van der Waals surface area contributed by atoms with Crippen LogP contribution in [-0.4, -0.2) is 18.0 Å². The van der Waals surface area contributed by atoms with E-state index < -0.39 is 52.9 Å². The molecule has 1 aromatic rings. The number of hydrogen-bond acceptors (Lipinski definition) is 1. The van der Waals surface area contributed by atoms with Crippen LogP contribution in [0.5, 0.6) is 0 Å². The monoisotopic (exact) mass is 339 g/mol. The van der Waals surface area contributed by atoms with Crippen LogP contribution in [-0.2, 0) is 10.7 Å². The van der Waals surface area contributed by atoms with Crippen molar-refractivity contribution >= 4 is 11.6 Å². The lowest BCUT2D eigenvalue weighted by atomic mass is 10.0. The highest BCUT2D eigenvalue weighted by Crippen LogP contribution is 2.52. The van der Waals surface area contributed by atoms with Crippen LogP contribution < -0.4 is 5.32 Å². The Hall–Kier alpha value is -1.94. The molecule has 1 aromatic carbocycles. The number of rotatable bonds is 3. The molecule has 0 saturated carbocycles. The minimum atomic E-state index is -6.68. The summed E-state index contributed by atoms with van der Waals surface area (Å²) in [6, 6.07) is -0.646. The quantitative estimate of drug-likeness (QED) is 0.821. The number of halogens is 9. The first-order valence-corrected chi connectivity index (χ1v) is 5.31. The second-order valence-corrected chi connectivity index (χ2v) is 4.14. The van der Waals surface area contributed by atoms with E-state index in [9.17, 15) is 44.3 Å². The molecule has 0 aliphatic rings. The highest BCUT2D eigenvalue weighted by Gasteiger charge is 2.74. The van der Waals surface area contributed by atoms with Gasteiger partial charge in [0.05, 0.1) is 11.3 Å². The maximum Gasteiger partial charge on any atom is 0.460 e. The van der Waals surface area contributed by atoms with Gasteiger partial charge in [-0.2, -0.15) is 30.7 Å². The average Bonchev–Trinajstić information content (AvgIpc) is 2.30. The Kier molecular flexibility index (Phi) is 4.41. The molecule has 124 valence electrons. The van der Waals surface area contributed by atoms with E-state index in [-0.39, 0.29) is 6.07 Å². The Morgan fingerprint density at radius 2 is 1.45 bits per heavy atom. The highest BCUT2D eigenvalue weighted by molar-refractivity contribution is 5.88. The summed E-state index contributed by atoms with van der Waals surface area (Å²) in [5.41, 5.74) is -3.47. The van der Waals surface area contributed by atoms with Gasteiger partial charge in [0.1, 0.15) is 11.6 Å². The molecule has 2 nitrogen and oxygen atoms in total. The maximum absolute atomic E-state index is 13.4. The van der Waals surface area contributed by atoms with E-state index in [0.29, 0.717) is 0 Å². The lowest BCUT2D eigenvalue weighted by molar-refractivity contribution is -0.360. The number of anilines is 1. The van der Waals surface area contributed by atoms with Gasteiger partial charge in [0.25, 0.3) is 0 Å². The van der Waals surface area contributed by atoms with E-state index in [1.807, 2.05) is 0 Å². The summed E-state index contributed by atoms with van der Waals surface area (Å²) in [6.07, 6.45) is -6.68. The zero-order valence-electron chi connectivity index (χ0n) is 10.5. The molecule has 0 aliphatic heterocycles. The lowest BCUT2D eigenvalue weighted by Crippen LogP contribution is -2.50. The number of alkyl halides is 7. The Balaban J connectivity index is 3.44. The summed E-state index contributed by atoms with van der Waals surface area (Å²) < 4.78 is 115. The fraction of sp³-hybridized carbons (Fsp3) is 0.364. The number of carbonyl (C=O) groups excluding carboxylic acids is 1. The second-order valence-electron chi connectivity index (χ2n) is 4.14. The number of hydrogen-bond donors (Lipinski definition) is 1. The van der Waals surface area contributed by atoms with Gasteiger partial charge in [-0.15, -0.1) is 0 Å². The van der Waals surface area contributed by atoms with Crippen molar-refractivity contribution in [1.29, 1.82) is 0 Å². The van der Waals surface area contributed by atoms with E-state index in [0.717, 1.165) is 6.92 Å². The van der Waals surface area contributed by atoms with Crippen molar-refractivity contribution in [3.63, 3.8) is 0 Å². The van der Waals surface area contributed by atoms with Crippen LogP contribution in [0.1, 0.15) is 12.5 Å². The number of nitrogens with one attached hydrogen (secondary N) is 1. The molecule has 0 radical (unpaired) electrons. The molecular formula is C11H6F9NO. The molecule has 1 rings (SSSR count). The highest BCUT2D eigenvalue weighted by atomic mass is 19.4. The van der Waals surface area contributed by atoms with Gasteiger partial charge in [-0.25, -0.2) is 8.78 Å². The van der Waals surface area contributed by atoms with Gasteiger partial charge in [0.2, 0.25) is 5.91 Å². The molecule has 0 unspecified atom stereocenters. The molecule has 22 heavy (non-hydrogen) atoms. The SMILES string of the molecule is CC(=O)Nc1cc(F)c(C(F)(F)C(F)(F)C(F)(F)F)cc1F. The van der Waals surface area contributed by atoms with E-state index in [2.05, 4.69) is 0 Å². The Bertz CT molecular complexity index is 594. The maximum atomic E-state index is 13.4. The zero-order chi connectivity index (χ0) is 17.5. The molecule has 0 bridgehead atoms. The zero-order valence-corrected chi connectivity index (χ0v) is 10.5. The number of benzene rings is 1. The van der Waals surface area contributed by atoms with E-state index in [4.69, 9.17) is 0 Å². The van der Waals surface area contributed by atoms with Gasteiger partial charge in [0.15, 0.2) is 0 Å². The van der Waals surface area contributed by atoms with Crippen molar-refractivity contribution in [2.24, 2.45) is 0 Å². The van der Waals surface area contributed by atoms with Crippen molar-refractivity contribution < 1.29 is 44.3 Å². The normalized spacial score (nSPS) is 13.2. The van der Waals surface area contributed by atoms with Crippen LogP contribution >= 0.6 is 0 Å².